The molecular weight excluding hydrogens is 246 g/mol. The Kier molecular flexibility index (Phi) is 4.50. The minimum absolute atomic E-state index is 0.305. The van der Waals surface area contributed by atoms with Gasteiger partial charge in [-0.25, -0.2) is 0 Å². The maximum absolute atomic E-state index is 11.7. The molecule has 2 rings (SSSR count). The second-order valence-corrected chi connectivity index (χ2v) is 5.02. The number of rotatable bonds is 5. The number of hydrogen-bond donors (Lipinski definition) is 1. The third-order valence-electron chi connectivity index (χ3n) is 2.54. The number of nitrogens with two attached hydrogens (primary N) is 1. The van der Waals surface area contributed by atoms with Crippen LogP contribution in [0, 0.1) is 0 Å². The molecule has 0 unspecified atom stereocenters. The van der Waals surface area contributed by atoms with Crippen molar-refractivity contribution in [3.8, 4) is 0 Å². The number of hydrogen-bond acceptors (Lipinski definition) is 4. The molecule has 0 bridgehead atoms. The standard InChI is InChI=1S/C14H15NO2S/c15-13(9-11-5-2-1-3-6-11)14(16)17-10-12-7-4-8-18-12/h1-8,13H,9-10,15H2/t13-/m1/s1. The summed E-state index contributed by atoms with van der Waals surface area (Å²) in [6.07, 6.45) is 0.504. The van der Waals surface area contributed by atoms with Crippen LogP contribution in [0.25, 0.3) is 0 Å². The van der Waals surface area contributed by atoms with Gasteiger partial charge in [0.05, 0.1) is 0 Å². The van der Waals surface area contributed by atoms with Gasteiger partial charge in [0.2, 0.25) is 0 Å². The summed E-state index contributed by atoms with van der Waals surface area (Å²) in [6.45, 7) is 0.305. The molecule has 0 aliphatic carbocycles. The van der Waals surface area contributed by atoms with E-state index in [0.29, 0.717) is 13.0 Å². The minimum atomic E-state index is -0.604. The highest BCUT2D eigenvalue weighted by molar-refractivity contribution is 7.09. The van der Waals surface area contributed by atoms with E-state index in [0.717, 1.165) is 10.4 Å². The first-order valence-corrected chi connectivity index (χ1v) is 6.62. The molecule has 2 N–H and O–H groups in total. The minimum Gasteiger partial charge on any atom is -0.459 e. The van der Waals surface area contributed by atoms with Gasteiger partial charge in [0.25, 0.3) is 0 Å². The van der Waals surface area contributed by atoms with Crippen molar-refractivity contribution >= 4 is 17.3 Å². The van der Waals surface area contributed by atoms with E-state index in [4.69, 9.17) is 10.5 Å². The topological polar surface area (TPSA) is 52.3 Å². The Labute approximate surface area is 110 Å². The lowest BCUT2D eigenvalue weighted by Gasteiger charge is -2.10. The van der Waals surface area contributed by atoms with Crippen LogP contribution < -0.4 is 5.73 Å². The van der Waals surface area contributed by atoms with Gasteiger partial charge in [-0.3, -0.25) is 4.79 Å². The first kappa shape index (κ1) is 12.8. The van der Waals surface area contributed by atoms with Crippen molar-refractivity contribution in [3.05, 3.63) is 58.3 Å². The largest absolute Gasteiger partial charge is 0.459 e. The molecule has 1 heterocycles. The SMILES string of the molecule is N[C@H](Cc1ccccc1)C(=O)OCc1cccs1. The first-order valence-electron chi connectivity index (χ1n) is 5.74. The van der Waals surface area contributed by atoms with E-state index in [-0.39, 0.29) is 5.97 Å². The molecule has 0 fully saturated rings. The molecular formula is C14H15NO2S. The summed E-state index contributed by atoms with van der Waals surface area (Å²) in [4.78, 5) is 12.7. The van der Waals surface area contributed by atoms with Gasteiger partial charge in [0.1, 0.15) is 12.6 Å². The Morgan fingerprint density at radius 1 is 1.22 bits per heavy atom. The van der Waals surface area contributed by atoms with Crippen LogP contribution in [0.5, 0.6) is 0 Å². The van der Waals surface area contributed by atoms with Crippen LogP contribution in [0.3, 0.4) is 0 Å². The van der Waals surface area contributed by atoms with Crippen molar-refractivity contribution in [1.29, 1.82) is 0 Å². The fourth-order valence-electron chi connectivity index (χ4n) is 1.60. The van der Waals surface area contributed by atoms with Gasteiger partial charge in [0.15, 0.2) is 0 Å². The van der Waals surface area contributed by atoms with E-state index >= 15 is 0 Å². The first-order chi connectivity index (χ1) is 8.75. The van der Waals surface area contributed by atoms with Crippen LogP contribution in [-0.4, -0.2) is 12.0 Å². The molecule has 18 heavy (non-hydrogen) atoms. The van der Waals surface area contributed by atoms with Crippen LogP contribution in [0.4, 0.5) is 0 Å². The van der Waals surface area contributed by atoms with Gasteiger partial charge in [-0.2, -0.15) is 0 Å². The van der Waals surface area contributed by atoms with Gasteiger partial charge < -0.3 is 10.5 Å². The molecule has 0 radical (unpaired) electrons. The van der Waals surface area contributed by atoms with Crippen molar-refractivity contribution in [2.45, 2.75) is 19.1 Å². The maximum Gasteiger partial charge on any atom is 0.323 e. The van der Waals surface area contributed by atoms with E-state index in [1.165, 1.54) is 0 Å². The van der Waals surface area contributed by atoms with E-state index in [9.17, 15) is 4.79 Å². The molecule has 1 aromatic heterocycles. The maximum atomic E-state index is 11.7. The lowest BCUT2D eigenvalue weighted by molar-refractivity contribution is -0.146. The lowest BCUT2D eigenvalue weighted by Crippen LogP contribution is -2.34. The molecule has 94 valence electrons. The van der Waals surface area contributed by atoms with Gasteiger partial charge >= 0.3 is 5.97 Å². The summed E-state index contributed by atoms with van der Waals surface area (Å²) in [5.41, 5.74) is 6.86. The van der Waals surface area contributed by atoms with E-state index in [1.54, 1.807) is 11.3 Å². The zero-order chi connectivity index (χ0) is 12.8. The summed E-state index contributed by atoms with van der Waals surface area (Å²) in [6, 6.07) is 13.0. The monoisotopic (exact) mass is 261 g/mol. The fraction of sp³-hybridized carbons (Fsp3) is 0.214. The molecule has 3 nitrogen and oxygen atoms in total. The highest BCUT2D eigenvalue weighted by atomic mass is 32.1. The second-order valence-electron chi connectivity index (χ2n) is 3.98. The number of benzene rings is 1. The number of carbonyl (C=O) groups excluding carboxylic acids is 1. The van der Waals surface area contributed by atoms with E-state index in [1.807, 2.05) is 47.8 Å². The van der Waals surface area contributed by atoms with Crippen molar-refractivity contribution in [2.75, 3.05) is 0 Å². The quantitative estimate of drug-likeness (QED) is 0.841. The molecule has 0 aliphatic rings. The highest BCUT2D eigenvalue weighted by Gasteiger charge is 2.15. The zero-order valence-corrected chi connectivity index (χ0v) is 10.7. The van der Waals surface area contributed by atoms with Crippen LogP contribution in [0.15, 0.2) is 47.8 Å². The molecule has 2 aromatic rings. The lowest BCUT2D eigenvalue weighted by atomic mass is 10.1. The molecule has 4 heteroatoms. The fourth-order valence-corrected chi connectivity index (χ4v) is 2.21. The van der Waals surface area contributed by atoms with Gasteiger partial charge in [0, 0.05) is 4.88 Å². The molecule has 1 aromatic carbocycles. The van der Waals surface area contributed by atoms with Crippen molar-refractivity contribution in [2.24, 2.45) is 5.73 Å². The third-order valence-corrected chi connectivity index (χ3v) is 3.39. The Balaban J connectivity index is 1.82. The molecule has 0 aliphatic heterocycles. The third kappa shape index (κ3) is 3.68. The van der Waals surface area contributed by atoms with E-state index in [2.05, 4.69) is 0 Å². The smallest absolute Gasteiger partial charge is 0.323 e. The van der Waals surface area contributed by atoms with Crippen molar-refractivity contribution < 1.29 is 9.53 Å². The van der Waals surface area contributed by atoms with Crippen LogP contribution >= 0.6 is 11.3 Å². The zero-order valence-electron chi connectivity index (χ0n) is 9.91. The molecule has 0 saturated carbocycles. The average molecular weight is 261 g/mol. The predicted molar refractivity (Wildman–Crippen MR) is 72.2 cm³/mol. The molecule has 1 atom stereocenters. The summed E-state index contributed by atoms with van der Waals surface area (Å²) in [7, 11) is 0. The van der Waals surface area contributed by atoms with Crippen LogP contribution in [0.2, 0.25) is 0 Å². The summed E-state index contributed by atoms with van der Waals surface area (Å²) in [5, 5.41) is 1.95. The van der Waals surface area contributed by atoms with Crippen molar-refractivity contribution in [3.63, 3.8) is 0 Å². The van der Waals surface area contributed by atoms with Gasteiger partial charge in [-0.15, -0.1) is 11.3 Å². The highest BCUT2D eigenvalue weighted by Crippen LogP contribution is 2.10. The number of thiophene rings is 1. The molecule has 0 saturated heterocycles. The Bertz CT molecular complexity index is 482. The van der Waals surface area contributed by atoms with Crippen molar-refractivity contribution in [1.82, 2.24) is 0 Å². The van der Waals surface area contributed by atoms with Crippen LogP contribution in [-0.2, 0) is 22.6 Å². The Morgan fingerprint density at radius 2 is 2.00 bits per heavy atom. The predicted octanol–water partition coefficient (Wildman–Crippen LogP) is 2.36. The number of ether oxygens (including phenoxy) is 1. The Hall–Kier alpha value is -1.65. The van der Waals surface area contributed by atoms with E-state index < -0.39 is 6.04 Å². The molecule has 0 spiro atoms. The second kappa shape index (κ2) is 6.33. The summed E-state index contributed by atoms with van der Waals surface area (Å²) >= 11 is 1.56. The summed E-state index contributed by atoms with van der Waals surface area (Å²) < 4.78 is 5.17. The average Bonchev–Trinajstić information content (AvgIpc) is 2.90. The number of carbonyl (C=O) groups is 1. The molecule has 0 amide bonds. The van der Waals surface area contributed by atoms with Gasteiger partial charge in [-0.05, 0) is 23.4 Å². The van der Waals surface area contributed by atoms with Crippen LogP contribution in [0.1, 0.15) is 10.4 Å². The summed E-state index contributed by atoms with van der Waals surface area (Å²) in [5.74, 6) is -0.354. The normalized spacial score (nSPS) is 12.1. The van der Waals surface area contributed by atoms with Gasteiger partial charge in [-0.1, -0.05) is 36.4 Å². The Morgan fingerprint density at radius 3 is 2.67 bits per heavy atom. The number of esters is 1.